The average molecular weight is 444 g/mol. The Morgan fingerprint density at radius 3 is 2.25 bits per heavy atom. The number of benzene rings is 2. The number of hydrazine groups is 1. The molecule has 0 radical (unpaired) electrons. The van der Waals surface area contributed by atoms with E-state index in [1.807, 2.05) is 0 Å². The number of carbonyl (C=O) groups is 4. The molecule has 2 aromatic rings. The monoisotopic (exact) mass is 444 g/mol. The lowest BCUT2D eigenvalue weighted by Crippen LogP contribution is -2.43. The van der Waals surface area contributed by atoms with Gasteiger partial charge in [0, 0.05) is 23.6 Å². The standard InChI is InChI=1S/C22H21FN2O7/c1-30-17-7-14(8-18(10-17)31-2)21(28)24-25-11-15(9-20(25)27)22(29)32-12-19(26)13-3-5-16(23)6-4-13/h3-8,10,15H,9,11-12H2,1-2H3,(H,24,28)/t15-/m1/s1. The fraction of sp³-hybridized carbons (Fsp3) is 0.273. The van der Waals surface area contributed by atoms with Crippen molar-refractivity contribution < 1.29 is 37.8 Å². The molecule has 1 heterocycles. The van der Waals surface area contributed by atoms with E-state index < -0.39 is 41.9 Å². The van der Waals surface area contributed by atoms with Gasteiger partial charge in [0.05, 0.1) is 26.7 Å². The zero-order valence-electron chi connectivity index (χ0n) is 17.4. The lowest BCUT2D eigenvalue weighted by Gasteiger charge is -2.18. The molecule has 0 unspecified atom stereocenters. The number of nitrogens with one attached hydrogen (secondary N) is 1. The molecule has 3 rings (SSSR count). The number of esters is 1. The zero-order chi connectivity index (χ0) is 23.3. The second-order valence-electron chi connectivity index (χ2n) is 6.99. The van der Waals surface area contributed by atoms with Gasteiger partial charge < -0.3 is 14.2 Å². The van der Waals surface area contributed by atoms with E-state index in [1.165, 1.54) is 38.5 Å². The second kappa shape index (κ2) is 9.90. The number of Topliss-reactive ketones (excluding diaryl/α,β-unsaturated/α-hetero) is 1. The van der Waals surface area contributed by atoms with E-state index in [0.717, 1.165) is 17.1 Å². The fourth-order valence-electron chi connectivity index (χ4n) is 3.07. The maximum Gasteiger partial charge on any atom is 0.311 e. The van der Waals surface area contributed by atoms with E-state index in [-0.39, 0.29) is 24.1 Å². The summed E-state index contributed by atoms with van der Waals surface area (Å²) in [6.07, 6.45) is -0.175. The number of amides is 2. The summed E-state index contributed by atoms with van der Waals surface area (Å²) >= 11 is 0. The highest BCUT2D eigenvalue weighted by Gasteiger charge is 2.36. The molecule has 1 saturated heterocycles. The van der Waals surface area contributed by atoms with Gasteiger partial charge in [-0.05, 0) is 36.4 Å². The largest absolute Gasteiger partial charge is 0.497 e. The minimum Gasteiger partial charge on any atom is -0.497 e. The van der Waals surface area contributed by atoms with Gasteiger partial charge in [-0.15, -0.1) is 0 Å². The Labute approximate surface area is 183 Å². The molecule has 1 atom stereocenters. The molecular weight excluding hydrogens is 423 g/mol. The molecule has 0 aromatic heterocycles. The normalized spacial score (nSPS) is 15.3. The van der Waals surface area contributed by atoms with Gasteiger partial charge in [-0.2, -0.15) is 0 Å². The van der Waals surface area contributed by atoms with Crippen LogP contribution >= 0.6 is 0 Å². The summed E-state index contributed by atoms with van der Waals surface area (Å²) in [5.74, 6) is -2.84. The van der Waals surface area contributed by atoms with E-state index in [0.29, 0.717) is 11.5 Å². The lowest BCUT2D eigenvalue weighted by atomic mass is 10.1. The van der Waals surface area contributed by atoms with Crippen LogP contribution in [-0.2, 0) is 14.3 Å². The molecule has 1 fully saturated rings. The number of ketones is 1. The molecule has 1 aliphatic heterocycles. The summed E-state index contributed by atoms with van der Waals surface area (Å²) in [5, 5.41) is 1.03. The number of hydrogen-bond donors (Lipinski definition) is 1. The first-order chi connectivity index (χ1) is 15.3. The van der Waals surface area contributed by atoms with Crippen molar-refractivity contribution in [2.24, 2.45) is 5.92 Å². The van der Waals surface area contributed by atoms with E-state index in [2.05, 4.69) is 5.43 Å². The number of halogens is 1. The molecule has 2 amide bonds. The summed E-state index contributed by atoms with van der Waals surface area (Å²) in [5.41, 5.74) is 2.85. The molecule has 10 heteroatoms. The van der Waals surface area contributed by atoms with E-state index in [1.54, 1.807) is 6.07 Å². The second-order valence-corrected chi connectivity index (χ2v) is 6.99. The van der Waals surface area contributed by atoms with Gasteiger partial charge >= 0.3 is 5.97 Å². The van der Waals surface area contributed by atoms with Crippen LogP contribution in [0.1, 0.15) is 27.1 Å². The first kappa shape index (κ1) is 22.7. The highest BCUT2D eigenvalue weighted by atomic mass is 19.1. The highest BCUT2D eigenvalue weighted by Crippen LogP contribution is 2.23. The van der Waals surface area contributed by atoms with Crippen molar-refractivity contribution in [2.75, 3.05) is 27.4 Å². The highest BCUT2D eigenvalue weighted by molar-refractivity contribution is 5.99. The number of methoxy groups -OCH3 is 2. The maximum absolute atomic E-state index is 12.9. The van der Waals surface area contributed by atoms with Crippen molar-refractivity contribution >= 4 is 23.6 Å². The van der Waals surface area contributed by atoms with Crippen molar-refractivity contribution in [3.63, 3.8) is 0 Å². The van der Waals surface area contributed by atoms with Gasteiger partial charge in [0.2, 0.25) is 5.91 Å². The summed E-state index contributed by atoms with van der Waals surface area (Å²) in [4.78, 5) is 49.1. The van der Waals surface area contributed by atoms with E-state index >= 15 is 0 Å². The summed E-state index contributed by atoms with van der Waals surface area (Å²) < 4.78 is 28.2. The third kappa shape index (κ3) is 5.39. The third-order valence-corrected chi connectivity index (χ3v) is 4.82. The van der Waals surface area contributed by atoms with Gasteiger partial charge in [-0.3, -0.25) is 29.6 Å². The number of ether oxygens (including phenoxy) is 3. The molecule has 0 aliphatic carbocycles. The first-order valence-corrected chi connectivity index (χ1v) is 9.60. The number of nitrogens with zero attached hydrogens (tertiary/aromatic N) is 1. The van der Waals surface area contributed by atoms with Crippen LogP contribution < -0.4 is 14.9 Å². The van der Waals surface area contributed by atoms with Crippen LogP contribution in [0.5, 0.6) is 11.5 Å². The van der Waals surface area contributed by atoms with Gasteiger partial charge in [0.25, 0.3) is 5.91 Å². The topological polar surface area (TPSA) is 111 Å². The van der Waals surface area contributed by atoms with Crippen molar-refractivity contribution in [3.8, 4) is 11.5 Å². The van der Waals surface area contributed by atoms with Gasteiger partial charge in [0.15, 0.2) is 12.4 Å². The Morgan fingerprint density at radius 2 is 1.66 bits per heavy atom. The van der Waals surface area contributed by atoms with Crippen molar-refractivity contribution in [3.05, 3.63) is 59.4 Å². The Morgan fingerprint density at radius 1 is 1.03 bits per heavy atom. The maximum atomic E-state index is 12.9. The molecular formula is C22H21FN2O7. The molecule has 1 N–H and O–H groups in total. The lowest BCUT2D eigenvalue weighted by molar-refractivity contribution is -0.147. The zero-order valence-corrected chi connectivity index (χ0v) is 17.4. The number of hydrogen-bond acceptors (Lipinski definition) is 7. The first-order valence-electron chi connectivity index (χ1n) is 9.60. The third-order valence-electron chi connectivity index (χ3n) is 4.82. The van der Waals surface area contributed by atoms with E-state index in [9.17, 15) is 23.6 Å². The molecule has 0 bridgehead atoms. The number of carbonyl (C=O) groups excluding carboxylic acids is 4. The minimum absolute atomic E-state index is 0.102. The van der Waals surface area contributed by atoms with Crippen LogP contribution in [0.4, 0.5) is 4.39 Å². The average Bonchev–Trinajstić information content (AvgIpc) is 3.17. The predicted octanol–water partition coefficient (Wildman–Crippen LogP) is 1.76. The molecule has 168 valence electrons. The van der Waals surface area contributed by atoms with Crippen LogP contribution in [-0.4, -0.2) is 55.9 Å². The Kier molecular flexibility index (Phi) is 7.04. The smallest absolute Gasteiger partial charge is 0.311 e. The van der Waals surface area contributed by atoms with Crippen LogP contribution in [0.25, 0.3) is 0 Å². The molecule has 0 saturated carbocycles. The molecule has 32 heavy (non-hydrogen) atoms. The van der Waals surface area contributed by atoms with Crippen molar-refractivity contribution in [1.82, 2.24) is 10.4 Å². The Bertz CT molecular complexity index is 1020. The summed E-state index contributed by atoms with van der Waals surface area (Å²) in [7, 11) is 2.88. The predicted molar refractivity (Wildman–Crippen MR) is 109 cm³/mol. The summed E-state index contributed by atoms with van der Waals surface area (Å²) in [6, 6.07) is 9.38. The van der Waals surface area contributed by atoms with Gasteiger partial charge in [-0.1, -0.05) is 0 Å². The molecule has 0 spiro atoms. The van der Waals surface area contributed by atoms with E-state index in [4.69, 9.17) is 14.2 Å². The van der Waals surface area contributed by atoms with Gasteiger partial charge in [0.1, 0.15) is 17.3 Å². The van der Waals surface area contributed by atoms with Crippen LogP contribution in [0.15, 0.2) is 42.5 Å². The quantitative estimate of drug-likeness (QED) is 0.488. The Balaban J connectivity index is 1.56. The van der Waals surface area contributed by atoms with Crippen LogP contribution in [0.2, 0.25) is 0 Å². The number of rotatable bonds is 8. The minimum atomic E-state index is -0.844. The Hall–Kier alpha value is -3.95. The van der Waals surface area contributed by atoms with Crippen LogP contribution in [0, 0.1) is 11.7 Å². The molecule has 9 nitrogen and oxygen atoms in total. The van der Waals surface area contributed by atoms with Crippen molar-refractivity contribution in [2.45, 2.75) is 6.42 Å². The summed E-state index contributed by atoms with van der Waals surface area (Å²) in [6.45, 7) is -0.639. The molecule has 2 aromatic carbocycles. The fourth-order valence-corrected chi connectivity index (χ4v) is 3.07. The van der Waals surface area contributed by atoms with Crippen LogP contribution in [0.3, 0.4) is 0 Å². The van der Waals surface area contributed by atoms with Gasteiger partial charge in [-0.25, -0.2) is 4.39 Å². The SMILES string of the molecule is COc1cc(OC)cc(C(=O)NN2C[C@H](C(=O)OCC(=O)c3ccc(F)cc3)CC2=O)c1. The molecule has 1 aliphatic rings. The van der Waals surface area contributed by atoms with Crippen molar-refractivity contribution in [1.29, 1.82) is 0 Å².